The Kier molecular flexibility index (Phi) is 4.00. The fourth-order valence-electron chi connectivity index (χ4n) is 4.67. The van der Waals surface area contributed by atoms with E-state index in [0.29, 0.717) is 23.8 Å². The highest BCUT2D eigenvalue weighted by Crippen LogP contribution is 2.50. The van der Waals surface area contributed by atoms with Gasteiger partial charge in [0.25, 0.3) is 5.91 Å². The van der Waals surface area contributed by atoms with Gasteiger partial charge in [-0.3, -0.25) is 9.59 Å². The molecule has 0 unspecified atom stereocenters. The zero-order valence-corrected chi connectivity index (χ0v) is 16.5. The van der Waals surface area contributed by atoms with E-state index in [2.05, 4.69) is 0 Å². The minimum Gasteiger partial charge on any atom is -0.490 e. The van der Waals surface area contributed by atoms with Gasteiger partial charge in [-0.15, -0.1) is 11.3 Å². The summed E-state index contributed by atoms with van der Waals surface area (Å²) in [4.78, 5) is 28.3. The van der Waals surface area contributed by atoms with Gasteiger partial charge in [0.15, 0.2) is 0 Å². The number of carbonyl (C=O) groups is 2. The van der Waals surface area contributed by atoms with Crippen LogP contribution in [0.1, 0.15) is 35.9 Å². The first-order valence-corrected chi connectivity index (χ1v) is 10.4. The Morgan fingerprint density at radius 2 is 2.11 bits per heavy atom. The van der Waals surface area contributed by atoms with E-state index in [-0.39, 0.29) is 18.1 Å². The van der Waals surface area contributed by atoms with Gasteiger partial charge in [0.05, 0.1) is 34.7 Å². The van der Waals surface area contributed by atoms with Crippen LogP contribution in [-0.2, 0) is 9.53 Å². The van der Waals surface area contributed by atoms with Crippen molar-refractivity contribution in [2.45, 2.75) is 38.4 Å². The number of fused-ring (bicyclic) bond motifs is 3. The van der Waals surface area contributed by atoms with E-state index in [1.807, 2.05) is 36.1 Å². The second-order valence-corrected chi connectivity index (χ2v) is 9.05. The number of nitrogens with two attached hydrogens (primary N) is 1. The van der Waals surface area contributed by atoms with Crippen LogP contribution >= 0.6 is 11.3 Å². The number of amides is 2. The summed E-state index contributed by atoms with van der Waals surface area (Å²) in [7, 11) is 0. The lowest BCUT2D eigenvalue weighted by atomic mass is 9.74. The molecule has 28 heavy (non-hydrogen) atoms. The van der Waals surface area contributed by atoms with Crippen molar-refractivity contribution in [3.63, 3.8) is 0 Å². The van der Waals surface area contributed by atoms with Gasteiger partial charge in [0.1, 0.15) is 12.4 Å². The lowest BCUT2D eigenvalue weighted by Gasteiger charge is -2.38. The first-order chi connectivity index (χ1) is 13.5. The smallest absolute Gasteiger partial charge is 0.258 e. The van der Waals surface area contributed by atoms with Gasteiger partial charge >= 0.3 is 0 Å². The van der Waals surface area contributed by atoms with E-state index in [4.69, 9.17) is 15.2 Å². The van der Waals surface area contributed by atoms with Crippen molar-refractivity contribution in [3.8, 4) is 16.2 Å². The van der Waals surface area contributed by atoms with Crippen molar-refractivity contribution in [3.05, 3.63) is 35.2 Å². The predicted molar refractivity (Wildman–Crippen MR) is 107 cm³/mol. The van der Waals surface area contributed by atoms with Crippen LogP contribution in [0.25, 0.3) is 10.4 Å². The molecule has 2 fully saturated rings. The molecule has 2 N–H and O–H groups in total. The van der Waals surface area contributed by atoms with Gasteiger partial charge in [-0.05, 0) is 62.1 Å². The molecule has 2 bridgehead atoms. The van der Waals surface area contributed by atoms with Crippen LogP contribution in [0.15, 0.2) is 30.3 Å². The van der Waals surface area contributed by atoms with Crippen LogP contribution in [0, 0.1) is 5.41 Å². The number of rotatable bonds is 3. The van der Waals surface area contributed by atoms with E-state index < -0.39 is 11.3 Å². The molecule has 2 saturated heterocycles. The zero-order chi connectivity index (χ0) is 19.5. The minimum absolute atomic E-state index is 0.00917. The Balaban J connectivity index is 1.50. The monoisotopic (exact) mass is 398 g/mol. The highest BCUT2D eigenvalue weighted by molar-refractivity contribution is 7.17. The molecular formula is C21H22N2O4S. The Bertz CT molecular complexity index is 971. The average molecular weight is 398 g/mol. The summed E-state index contributed by atoms with van der Waals surface area (Å²) in [6, 6.07) is 9.43. The van der Waals surface area contributed by atoms with Gasteiger partial charge in [0, 0.05) is 4.88 Å². The van der Waals surface area contributed by atoms with Crippen LogP contribution in [0.3, 0.4) is 0 Å². The number of carbonyl (C=O) groups excluding carboxylic acids is 2. The lowest BCUT2D eigenvalue weighted by Crippen LogP contribution is -2.50. The van der Waals surface area contributed by atoms with Crippen LogP contribution < -0.4 is 15.4 Å². The van der Waals surface area contributed by atoms with Gasteiger partial charge < -0.3 is 20.1 Å². The first-order valence-electron chi connectivity index (χ1n) is 9.60. The molecule has 3 atom stereocenters. The first kappa shape index (κ1) is 17.7. The maximum Gasteiger partial charge on any atom is 0.258 e. The molecule has 2 amide bonds. The molecule has 1 aromatic heterocycles. The van der Waals surface area contributed by atoms with Gasteiger partial charge in [-0.25, -0.2) is 0 Å². The van der Waals surface area contributed by atoms with E-state index in [1.54, 1.807) is 6.07 Å². The molecule has 0 spiro atoms. The average Bonchev–Trinajstić information content (AvgIpc) is 3.42. The molecule has 146 valence electrons. The van der Waals surface area contributed by atoms with Gasteiger partial charge in [0.2, 0.25) is 5.91 Å². The molecule has 2 aromatic rings. The molecule has 0 radical (unpaired) electrons. The summed E-state index contributed by atoms with van der Waals surface area (Å²) in [6.45, 7) is 3.05. The third-order valence-corrected chi connectivity index (χ3v) is 7.31. The molecule has 4 heterocycles. The standard InChI is InChI=1S/C21H22N2O4S/c1-21(11-13-3-7-18(21)27-13)20(25)23-8-9-26-15-4-2-12(10-14(15)23)16-5-6-17(28-16)19(22)24/h2,4-6,10,13,18H,3,7-9,11H2,1H3,(H2,22,24)/t13-,18-,21-/m1/s1. The number of hydrogen-bond acceptors (Lipinski definition) is 5. The van der Waals surface area contributed by atoms with Crippen molar-refractivity contribution < 1.29 is 19.1 Å². The third-order valence-electron chi connectivity index (χ3n) is 6.16. The Morgan fingerprint density at radius 1 is 1.25 bits per heavy atom. The number of ether oxygens (including phenoxy) is 2. The van der Waals surface area contributed by atoms with Crippen LogP contribution in [0.5, 0.6) is 5.75 Å². The summed E-state index contributed by atoms with van der Waals surface area (Å²) in [5.74, 6) is 0.395. The molecule has 6 nitrogen and oxygen atoms in total. The van der Waals surface area contributed by atoms with Crippen molar-refractivity contribution in [1.82, 2.24) is 0 Å². The Morgan fingerprint density at radius 3 is 2.79 bits per heavy atom. The molecule has 1 aromatic carbocycles. The number of primary amides is 1. The molecule has 7 heteroatoms. The predicted octanol–water partition coefficient (Wildman–Crippen LogP) is 3.20. The van der Waals surface area contributed by atoms with Crippen molar-refractivity contribution in [2.24, 2.45) is 11.1 Å². The Labute approximate surface area is 167 Å². The van der Waals surface area contributed by atoms with Crippen molar-refractivity contribution >= 4 is 28.8 Å². The molecule has 3 aliphatic rings. The number of hydrogen-bond donors (Lipinski definition) is 1. The molecule has 3 aliphatic heterocycles. The topological polar surface area (TPSA) is 81.9 Å². The Hall–Kier alpha value is -2.38. The summed E-state index contributed by atoms with van der Waals surface area (Å²) >= 11 is 1.35. The highest BCUT2D eigenvalue weighted by atomic mass is 32.1. The summed E-state index contributed by atoms with van der Waals surface area (Å²) in [6.07, 6.45) is 3.02. The maximum atomic E-state index is 13.5. The second-order valence-electron chi connectivity index (χ2n) is 7.96. The molecule has 5 rings (SSSR count). The number of nitrogens with zero attached hydrogens (tertiary/aromatic N) is 1. The normalized spacial score (nSPS) is 28.1. The third kappa shape index (κ3) is 2.64. The number of anilines is 1. The van der Waals surface area contributed by atoms with Crippen molar-refractivity contribution in [2.75, 3.05) is 18.1 Å². The van der Waals surface area contributed by atoms with Gasteiger partial charge in [-0.2, -0.15) is 0 Å². The van der Waals surface area contributed by atoms with E-state index >= 15 is 0 Å². The van der Waals surface area contributed by atoms with Crippen molar-refractivity contribution in [1.29, 1.82) is 0 Å². The molecule has 0 aliphatic carbocycles. The van der Waals surface area contributed by atoms with Crippen LogP contribution in [0.2, 0.25) is 0 Å². The van der Waals surface area contributed by atoms with Crippen LogP contribution in [-0.4, -0.2) is 37.2 Å². The van der Waals surface area contributed by atoms with E-state index in [9.17, 15) is 9.59 Å². The highest BCUT2D eigenvalue weighted by Gasteiger charge is 2.55. The fraction of sp³-hybridized carbons (Fsp3) is 0.429. The lowest BCUT2D eigenvalue weighted by molar-refractivity contribution is -0.130. The van der Waals surface area contributed by atoms with Crippen LogP contribution in [0.4, 0.5) is 5.69 Å². The number of thiophene rings is 1. The minimum atomic E-state index is -0.477. The quantitative estimate of drug-likeness (QED) is 0.861. The SMILES string of the molecule is C[C@@]1(C(=O)N2CCOc3ccc(-c4ccc(C(N)=O)s4)cc32)C[C@H]2CC[C@H]1O2. The summed E-state index contributed by atoms with van der Waals surface area (Å²) in [5.41, 5.74) is 6.62. The second kappa shape index (κ2) is 6.32. The molecular weight excluding hydrogens is 376 g/mol. The zero-order valence-electron chi connectivity index (χ0n) is 15.6. The molecule has 0 saturated carbocycles. The van der Waals surface area contributed by atoms with E-state index in [0.717, 1.165) is 35.4 Å². The van der Waals surface area contributed by atoms with E-state index in [1.165, 1.54) is 11.3 Å². The largest absolute Gasteiger partial charge is 0.490 e. The number of benzene rings is 1. The fourth-order valence-corrected chi connectivity index (χ4v) is 5.52. The maximum absolute atomic E-state index is 13.5. The summed E-state index contributed by atoms with van der Waals surface area (Å²) < 4.78 is 11.8. The van der Waals surface area contributed by atoms with Gasteiger partial charge in [-0.1, -0.05) is 0 Å². The summed E-state index contributed by atoms with van der Waals surface area (Å²) in [5, 5.41) is 0.